The van der Waals surface area contributed by atoms with Crippen LogP contribution >= 0.6 is 0 Å². The Hall–Kier alpha value is -1.71. The Morgan fingerprint density at radius 3 is 3.00 bits per heavy atom. The molecule has 19 heavy (non-hydrogen) atoms. The highest BCUT2D eigenvalue weighted by molar-refractivity contribution is 5.80. The zero-order valence-corrected chi connectivity index (χ0v) is 11.9. The van der Waals surface area contributed by atoms with Gasteiger partial charge in [-0.2, -0.15) is 0 Å². The molecule has 2 rings (SSSR count). The quantitative estimate of drug-likeness (QED) is 0.847. The van der Waals surface area contributed by atoms with E-state index in [1.165, 1.54) is 11.3 Å². The molecule has 0 atom stereocenters. The highest BCUT2D eigenvalue weighted by Gasteiger charge is 2.06. The number of aliphatic imine (C=N–C) groups is 1. The number of anilines is 1. The molecule has 0 spiro atoms. The topological polar surface area (TPSA) is 39.7 Å². The van der Waals surface area contributed by atoms with Crippen molar-refractivity contribution >= 4 is 11.6 Å². The summed E-state index contributed by atoms with van der Waals surface area (Å²) in [6.07, 6.45) is 1.13. The van der Waals surface area contributed by atoms with E-state index in [1.54, 1.807) is 0 Å². The van der Waals surface area contributed by atoms with Gasteiger partial charge < -0.3 is 15.5 Å². The average Bonchev–Trinajstić information content (AvgIpc) is 2.45. The number of nitrogens with zero attached hydrogens (tertiary/aromatic N) is 2. The van der Waals surface area contributed by atoms with Crippen LogP contribution in [0, 0.1) is 6.92 Å². The SMILES string of the molecule is CCN(CCNC1=NCCCN1)c1cccc(C)c1. The van der Waals surface area contributed by atoms with Crippen molar-refractivity contribution in [3.05, 3.63) is 29.8 Å². The first-order chi connectivity index (χ1) is 9.29. The van der Waals surface area contributed by atoms with Crippen molar-refractivity contribution in [3.63, 3.8) is 0 Å². The molecule has 1 aliphatic rings. The number of rotatable bonds is 5. The van der Waals surface area contributed by atoms with Gasteiger partial charge in [0.15, 0.2) is 5.96 Å². The Morgan fingerprint density at radius 1 is 1.42 bits per heavy atom. The van der Waals surface area contributed by atoms with Crippen LogP contribution in [0.4, 0.5) is 5.69 Å². The zero-order valence-electron chi connectivity index (χ0n) is 11.9. The number of hydrogen-bond acceptors (Lipinski definition) is 4. The summed E-state index contributed by atoms with van der Waals surface area (Å²) in [6.45, 7) is 9.21. The van der Waals surface area contributed by atoms with Gasteiger partial charge in [0.05, 0.1) is 0 Å². The minimum absolute atomic E-state index is 0.910. The fraction of sp³-hybridized carbons (Fsp3) is 0.533. The predicted octanol–water partition coefficient (Wildman–Crippen LogP) is 1.76. The van der Waals surface area contributed by atoms with Crippen molar-refractivity contribution in [3.8, 4) is 0 Å². The van der Waals surface area contributed by atoms with Gasteiger partial charge in [-0.05, 0) is 38.0 Å². The molecule has 1 heterocycles. The average molecular weight is 260 g/mol. The lowest BCUT2D eigenvalue weighted by atomic mass is 10.2. The van der Waals surface area contributed by atoms with Gasteiger partial charge in [0, 0.05) is 38.4 Å². The fourth-order valence-electron chi connectivity index (χ4n) is 2.25. The number of nitrogens with one attached hydrogen (secondary N) is 2. The molecule has 0 unspecified atom stereocenters. The maximum Gasteiger partial charge on any atom is 0.191 e. The molecule has 0 saturated heterocycles. The van der Waals surface area contributed by atoms with Gasteiger partial charge in [-0.3, -0.25) is 4.99 Å². The summed E-state index contributed by atoms with van der Waals surface area (Å²) in [6, 6.07) is 8.66. The number of guanidine groups is 1. The molecule has 4 heteroatoms. The van der Waals surface area contributed by atoms with Crippen molar-refractivity contribution < 1.29 is 0 Å². The molecule has 1 aromatic carbocycles. The summed E-state index contributed by atoms with van der Waals surface area (Å²) < 4.78 is 0. The summed E-state index contributed by atoms with van der Waals surface area (Å²) in [4.78, 5) is 6.79. The molecule has 4 nitrogen and oxygen atoms in total. The third-order valence-corrected chi connectivity index (χ3v) is 3.32. The number of aryl methyl sites for hydroxylation is 1. The van der Waals surface area contributed by atoms with E-state index >= 15 is 0 Å². The van der Waals surface area contributed by atoms with E-state index in [4.69, 9.17) is 0 Å². The van der Waals surface area contributed by atoms with Crippen LogP contribution in [0.1, 0.15) is 18.9 Å². The van der Waals surface area contributed by atoms with Crippen LogP contribution in [0.5, 0.6) is 0 Å². The lowest BCUT2D eigenvalue weighted by Crippen LogP contribution is -2.43. The van der Waals surface area contributed by atoms with Crippen LogP contribution in [0.25, 0.3) is 0 Å². The third-order valence-electron chi connectivity index (χ3n) is 3.32. The molecule has 0 aromatic heterocycles. The van der Waals surface area contributed by atoms with E-state index in [1.807, 2.05) is 0 Å². The van der Waals surface area contributed by atoms with Crippen LogP contribution in [0.15, 0.2) is 29.3 Å². The molecular formula is C15H24N4. The van der Waals surface area contributed by atoms with E-state index in [0.29, 0.717) is 0 Å². The minimum atomic E-state index is 0.910. The Morgan fingerprint density at radius 2 is 2.32 bits per heavy atom. The summed E-state index contributed by atoms with van der Waals surface area (Å²) in [7, 11) is 0. The van der Waals surface area contributed by atoms with Crippen molar-refractivity contribution in [1.82, 2.24) is 10.6 Å². The molecule has 2 N–H and O–H groups in total. The van der Waals surface area contributed by atoms with E-state index < -0.39 is 0 Å². The van der Waals surface area contributed by atoms with Crippen molar-refractivity contribution in [2.75, 3.05) is 37.6 Å². The fourth-order valence-corrected chi connectivity index (χ4v) is 2.25. The van der Waals surface area contributed by atoms with Crippen LogP contribution in [0.2, 0.25) is 0 Å². The summed E-state index contributed by atoms with van der Waals surface area (Å²) in [5.74, 6) is 0.951. The van der Waals surface area contributed by atoms with Crippen LogP contribution < -0.4 is 15.5 Å². The highest BCUT2D eigenvalue weighted by Crippen LogP contribution is 2.14. The number of hydrogen-bond donors (Lipinski definition) is 2. The second kappa shape index (κ2) is 7.02. The van der Waals surface area contributed by atoms with Gasteiger partial charge >= 0.3 is 0 Å². The second-order valence-electron chi connectivity index (χ2n) is 4.86. The van der Waals surface area contributed by atoms with Crippen LogP contribution in [-0.4, -0.2) is 38.7 Å². The van der Waals surface area contributed by atoms with Gasteiger partial charge in [0.25, 0.3) is 0 Å². The molecule has 0 bridgehead atoms. The van der Waals surface area contributed by atoms with Crippen molar-refractivity contribution in [2.45, 2.75) is 20.3 Å². The lowest BCUT2D eigenvalue weighted by Gasteiger charge is -2.24. The Kier molecular flexibility index (Phi) is 5.07. The van der Waals surface area contributed by atoms with Gasteiger partial charge in [0.2, 0.25) is 0 Å². The second-order valence-corrected chi connectivity index (χ2v) is 4.86. The maximum atomic E-state index is 4.41. The summed E-state index contributed by atoms with van der Waals surface area (Å²) in [5.41, 5.74) is 2.60. The van der Waals surface area contributed by atoms with Gasteiger partial charge in [-0.15, -0.1) is 0 Å². The monoisotopic (exact) mass is 260 g/mol. The zero-order chi connectivity index (χ0) is 13.5. The number of benzene rings is 1. The third kappa shape index (κ3) is 4.16. The highest BCUT2D eigenvalue weighted by atomic mass is 15.2. The van der Waals surface area contributed by atoms with E-state index in [-0.39, 0.29) is 0 Å². The van der Waals surface area contributed by atoms with Crippen LogP contribution in [-0.2, 0) is 0 Å². The molecule has 0 aliphatic carbocycles. The largest absolute Gasteiger partial charge is 0.370 e. The Bertz CT molecular complexity index is 428. The molecular weight excluding hydrogens is 236 g/mol. The van der Waals surface area contributed by atoms with E-state index in [0.717, 1.165) is 45.1 Å². The lowest BCUT2D eigenvalue weighted by molar-refractivity contribution is 0.692. The van der Waals surface area contributed by atoms with Crippen molar-refractivity contribution in [2.24, 2.45) is 4.99 Å². The first kappa shape index (κ1) is 13.7. The standard InChI is InChI=1S/C15H24N4/c1-3-19(14-7-4-6-13(2)12-14)11-10-18-15-16-8-5-9-17-15/h4,6-7,12H,3,5,8-11H2,1-2H3,(H2,16,17,18). The number of likely N-dealkylation sites (N-methyl/N-ethyl adjacent to an activating group) is 1. The molecule has 0 amide bonds. The maximum absolute atomic E-state index is 4.41. The Balaban J connectivity index is 1.84. The van der Waals surface area contributed by atoms with Crippen molar-refractivity contribution in [1.29, 1.82) is 0 Å². The summed E-state index contributed by atoms with van der Waals surface area (Å²) >= 11 is 0. The van der Waals surface area contributed by atoms with Gasteiger partial charge in [0.1, 0.15) is 0 Å². The van der Waals surface area contributed by atoms with E-state index in [2.05, 4.69) is 58.6 Å². The normalized spacial score (nSPS) is 14.5. The van der Waals surface area contributed by atoms with Gasteiger partial charge in [-0.1, -0.05) is 12.1 Å². The van der Waals surface area contributed by atoms with Gasteiger partial charge in [-0.25, -0.2) is 0 Å². The smallest absolute Gasteiger partial charge is 0.191 e. The van der Waals surface area contributed by atoms with Crippen LogP contribution in [0.3, 0.4) is 0 Å². The predicted molar refractivity (Wildman–Crippen MR) is 82.0 cm³/mol. The molecule has 1 aromatic rings. The molecule has 0 radical (unpaired) electrons. The first-order valence-corrected chi connectivity index (χ1v) is 7.13. The van der Waals surface area contributed by atoms with E-state index in [9.17, 15) is 0 Å². The molecule has 104 valence electrons. The minimum Gasteiger partial charge on any atom is -0.370 e. The first-order valence-electron chi connectivity index (χ1n) is 7.13. The summed E-state index contributed by atoms with van der Waals surface area (Å²) in [5, 5.41) is 6.65. The molecule has 1 aliphatic heterocycles. The molecule has 0 fully saturated rings. The Labute approximate surface area is 115 Å². The molecule has 0 saturated carbocycles.